The maximum Gasteiger partial charge on any atom is 0.406 e. The lowest BCUT2D eigenvalue weighted by Gasteiger charge is -2.05. The summed E-state index contributed by atoms with van der Waals surface area (Å²) in [6.07, 6.45) is 0. The molecule has 1 aliphatic heterocycles. The fraction of sp³-hybridized carbons (Fsp3) is 0.500. The van der Waals surface area contributed by atoms with E-state index in [9.17, 15) is 15.3 Å². The van der Waals surface area contributed by atoms with Crippen LogP contribution in [0.2, 0.25) is 0 Å². The summed E-state index contributed by atoms with van der Waals surface area (Å²) in [6, 6.07) is 0. The molecule has 0 bridgehead atoms. The van der Waals surface area contributed by atoms with Crippen LogP contribution in [0, 0.1) is 15.3 Å². The van der Waals surface area contributed by atoms with Crippen molar-refractivity contribution in [3.05, 3.63) is 27.0 Å². The standard InChI is InChI=1S/C4H8N6O4/c11-8-9(12)4(7-10(13)14)3-5-1-2-6-3/h5-7,11H,1-2H2. The first kappa shape index (κ1) is 9.83. The van der Waals surface area contributed by atoms with E-state index in [1.807, 2.05) is 0 Å². The minimum absolute atomic E-state index is 0.120. The molecular formula is C4H8N6O4. The van der Waals surface area contributed by atoms with Crippen molar-refractivity contribution < 1.29 is 15.1 Å². The van der Waals surface area contributed by atoms with Gasteiger partial charge >= 0.3 is 5.82 Å². The molecule has 0 amide bonds. The van der Waals surface area contributed by atoms with E-state index in [0.29, 0.717) is 13.1 Å². The molecule has 0 unspecified atom stereocenters. The van der Waals surface area contributed by atoms with E-state index in [1.54, 1.807) is 5.43 Å². The molecule has 0 aromatic rings. The third-order valence-electron chi connectivity index (χ3n) is 1.44. The lowest BCUT2D eigenvalue weighted by atomic mass is 10.6. The van der Waals surface area contributed by atoms with Crippen LogP contribution in [0.3, 0.4) is 0 Å². The Bertz CT molecular complexity index is 290. The highest BCUT2D eigenvalue weighted by molar-refractivity contribution is 5.04. The summed E-state index contributed by atoms with van der Waals surface area (Å²) < 4.78 is 0. The largest absolute Gasteiger partial charge is 0.688 e. The van der Waals surface area contributed by atoms with Crippen LogP contribution in [0.15, 0.2) is 16.9 Å². The van der Waals surface area contributed by atoms with E-state index in [2.05, 4.69) is 15.9 Å². The summed E-state index contributed by atoms with van der Waals surface area (Å²) >= 11 is 0. The molecule has 10 heteroatoms. The molecule has 78 valence electrons. The van der Waals surface area contributed by atoms with Crippen molar-refractivity contribution in [1.82, 2.24) is 16.1 Å². The van der Waals surface area contributed by atoms with Crippen LogP contribution in [0.5, 0.6) is 0 Å². The zero-order valence-corrected chi connectivity index (χ0v) is 6.93. The van der Waals surface area contributed by atoms with Crippen LogP contribution < -0.4 is 16.1 Å². The van der Waals surface area contributed by atoms with Crippen molar-refractivity contribution in [3.63, 3.8) is 0 Å². The number of nitro groups is 1. The first-order valence-corrected chi connectivity index (χ1v) is 3.60. The predicted octanol–water partition coefficient (Wildman–Crippen LogP) is -1.56. The summed E-state index contributed by atoms with van der Waals surface area (Å²) in [4.78, 5) is 9.80. The first-order valence-electron chi connectivity index (χ1n) is 3.60. The van der Waals surface area contributed by atoms with Gasteiger partial charge in [-0.2, -0.15) is 0 Å². The summed E-state index contributed by atoms with van der Waals surface area (Å²) in [7, 11) is 0. The second-order valence-electron chi connectivity index (χ2n) is 2.31. The van der Waals surface area contributed by atoms with E-state index < -0.39 is 10.9 Å². The fourth-order valence-electron chi connectivity index (χ4n) is 0.930. The molecule has 0 radical (unpaired) electrons. The van der Waals surface area contributed by atoms with Gasteiger partial charge in [0.1, 0.15) is 5.28 Å². The van der Waals surface area contributed by atoms with Gasteiger partial charge in [-0.1, -0.05) is 4.86 Å². The van der Waals surface area contributed by atoms with Crippen LogP contribution in [0.4, 0.5) is 0 Å². The molecule has 4 N–H and O–H groups in total. The van der Waals surface area contributed by atoms with Crippen LogP contribution in [0.1, 0.15) is 0 Å². The first-order chi connectivity index (χ1) is 6.65. The lowest BCUT2D eigenvalue weighted by Crippen LogP contribution is -2.32. The highest BCUT2D eigenvalue weighted by Gasteiger charge is 2.24. The summed E-state index contributed by atoms with van der Waals surface area (Å²) in [5.74, 6) is -0.385. The van der Waals surface area contributed by atoms with Gasteiger partial charge < -0.3 is 21.0 Å². The van der Waals surface area contributed by atoms with E-state index in [0.717, 1.165) is 0 Å². The van der Waals surface area contributed by atoms with Gasteiger partial charge in [-0.05, 0) is 0 Å². The van der Waals surface area contributed by atoms with Gasteiger partial charge in [-0.25, -0.2) is 10.1 Å². The zero-order valence-electron chi connectivity index (χ0n) is 6.93. The minimum atomic E-state index is -0.930. The zero-order chi connectivity index (χ0) is 10.6. The average Bonchev–Trinajstić information content (AvgIpc) is 2.65. The Hall–Kier alpha value is -2.26. The number of hydrogen-bond acceptors (Lipinski definition) is 6. The Morgan fingerprint density at radius 2 is 2.07 bits per heavy atom. The van der Waals surface area contributed by atoms with Crippen LogP contribution in [-0.4, -0.2) is 28.2 Å². The number of hydrazine groups is 1. The van der Waals surface area contributed by atoms with Gasteiger partial charge in [0, 0.05) is 18.5 Å². The van der Waals surface area contributed by atoms with Crippen molar-refractivity contribution >= 4 is 0 Å². The van der Waals surface area contributed by atoms with E-state index in [1.165, 1.54) is 0 Å². The van der Waals surface area contributed by atoms with E-state index >= 15 is 0 Å². The summed E-state index contributed by atoms with van der Waals surface area (Å²) in [5.41, 5.74) is 1.61. The molecule has 1 aliphatic rings. The maximum atomic E-state index is 10.8. The van der Waals surface area contributed by atoms with Crippen molar-refractivity contribution in [2.75, 3.05) is 13.1 Å². The van der Waals surface area contributed by atoms with Crippen LogP contribution >= 0.6 is 0 Å². The molecule has 1 rings (SSSR count). The quantitative estimate of drug-likeness (QED) is 0.189. The monoisotopic (exact) mass is 204 g/mol. The van der Waals surface area contributed by atoms with Crippen LogP contribution in [-0.2, 0) is 0 Å². The number of rotatable bonds is 3. The van der Waals surface area contributed by atoms with Gasteiger partial charge in [0.05, 0.1) is 0 Å². The molecule has 1 fully saturated rings. The molecule has 0 aromatic carbocycles. The summed E-state index contributed by atoms with van der Waals surface area (Å²) in [6.45, 7) is 1.05. The van der Waals surface area contributed by atoms with E-state index in [4.69, 9.17) is 5.21 Å². The number of nitrogens with zero attached hydrogens (tertiary/aromatic N) is 3. The molecule has 0 saturated carbocycles. The van der Waals surface area contributed by atoms with Crippen molar-refractivity contribution in [2.24, 2.45) is 5.28 Å². The molecular weight excluding hydrogens is 196 g/mol. The second kappa shape index (κ2) is 4.11. The highest BCUT2D eigenvalue weighted by atomic mass is 16.7. The SMILES string of the molecule is O=[N+]([O-])NC(=C1NCCN1)[N+]([O-])=NO. The molecule has 0 aliphatic carbocycles. The Labute approximate surface area is 77.6 Å². The molecule has 10 nitrogen and oxygen atoms in total. The Balaban J connectivity index is 2.91. The smallest absolute Gasteiger partial charge is 0.406 e. The third kappa shape index (κ3) is 2.12. The molecule has 1 saturated heterocycles. The second-order valence-corrected chi connectivity index (χ2v) is 2.31. The van der Waals surface area contributed by atoms with Crippen molar-refractivity contribution in [1.29, 1.82) is 0 Å². The Morgan fingerprint density at radius 3 is 2.50 bits per heavy atom. The van der Waals surface area contributed by atoms with Gasteiger partial charge in [-0.3, -0.25) is 0 Å². The number of hydroxylamine groups is 1. The van der Waals surface area contributed by atoms with E-state index in [-0.39, 0.29) is 10.7 Å². The molecule has 0 spiro atoms. The van der Waals surface area contributed by atoms with Gasteiger partial charge in [0.25, 0.3) is 0 Å². The Morgan fingerprint density at radius 1 is 1.50 bits per heavy atom. The maximum absolute atomic E-state index is 10.8. The van der Waals surface area contributed by atoms with Crippen molar-refractivity contribution in [3.8, 4) is 0 Å². The number of nitrogens with one attached hydrogen (secondary N) is 3. The van der Waals surface area contributed by atoms with Gasteiger partial charge in [0.15, 0.2) is 5.82 Å². The number of hydrogen-bond donors (Lipinski definition) is 4. The normalized spacial score (nSPS) is 15.7. The molecule has 0 atom stereocenters. The average molecular weight is 204 g/mol. The fourth-order valence-corrected chi connectivity index (χ4v) is 0.930. The predicted molar refractivity (Wildman–Crippen MR) is 41.0 cm³/mol. The topological polar surface area (TPSA) is 138 Å². The third-order valence-corrected chi connectivity index (χ3v) is 1.44. The van der Waals surface area contributed by atoms with Gasteiger partial charge in [-0.15, -0.1) is 0 Å². The van der Waals surface area contributed by atoms with Crippen LogP contribution in [0.25, 0.3) is 0 Å². The van der Waals surface area contributed by atoms with Crippen molar-refractivity contribution in [2.45, 2.75) is 0 Å². The van der Waals surface area contributed by atoms with Gasteiger partial charge in [0.2, 0.25) is 5.03 Å². The minimum Gasteiger partial charge on any atom is -0.688 e. The lowest BCUT2D eigenvalue weighted by molar-refractivity contribution is -0.600. The summed E-state index contributed by atoms with van der Waals surface area (Å²) in [5, 5.41) is 35.8. The molecule has 14 heavy (non-hydrogen) atoms. The highest BCUT2D eigenvalue weighted by Crippen LogP contribution is 2.00. The molecule has 0 aromatic heterocycles. The Kier molecular flexibility index (Phi) is 2.89. The molecule has 1 heterocycles.